The van der Waals surface area contributed by atoms with Crippen LogP contribution >= 0.6 is 0 Å². The molecule has 1 aliphatic rings. The van der Waals surface area contributed by atoms with Crippen molar-refractivity contribution < 1.29 is 13.9 Å². The Bertz CT molecular complexity index is 897. The number of fused-ring (bicyclic) bond motifs is 2. The molecule has 0 bridgehead atoms. The summed E-state index contributed by atoms with van der Waals surface area (Å²) in [5.74, 6) is 2.00. The van der Waals surface area contributed by atoms with Crippen LogP contribution in [0.5, 0.6) is 0 Å². The van der Waals surface area contributed by atoms with E-state index in [1.165, 1.54) is 0 Å². The van der Waals surface area contributed by atoms with Crippen molar-refractivity contribution in [2.45, 2.75) is 39.5 Å². The molecule has 1 atom stereocenters. The van der Waals surface area contributed by atoms with Crippen molar-refractivity contribution in [1.29, 1.82) is 0 Å². The van der Waals surface area contributed by atoms with Gasteiger partial charge in [0.2, 0.25) is 0 Å². The first kappa shape index (κ1) is 16.8. The Morgan fingerprint density at radius 3 is 2.96 bits per heavy atom. The molecule has 0 aliphatic carbocycles. The lowest BCUT2D eigenvalue weighted by atomic mass is 10.2. The summed E-state index contributed by atoms with van der Waals surface area (Å²) >= 11 is 0. The van der Waals surface area contributed by atoms with Gasteiger partial charge in [0.15, 0.2) is 11.6 Å². The van der Waals surface area contributed by atoms with Crippen LogP contribution in [0.4, 0.5) is 0 Å². The minimum atomic E-state index is -0.0845. The summed E-state index contributed by atoms with van der Waals surface area (Å²) in [6.45, 7) is 6.30. The van der Waals surface area contributed by atoms with E-state index in [0.717, 1.165) is 22.6 Å². The maximum Gasteiger partial charge on any atom is 0.289 e. The molecule has 0 spiro atoms. The predicted octanol–water partition coefficient (Wildman–Crippen LogP) is 2.65. The van der Waals surface area contributed by atoms with E-state index in [-0.39, 0.29) is 11.9 Å². The molecule has 0 saturated heterocycles. The molecule has 4 rings (SSSR count). The summed E-state index contributed by atoms with van der Waals surface area (Å²) < 4.78 is 13.3. The molecule has 7 heteroatoms. The number of amides is 1. The SMILES string of the molecule is CCOCc1nnc2n1CCN(C(=O)c1cc3ccccc3o1)C(C)C2. The third-order valence-corrected chi connectivity index (χ3v) is 4.81. The Labute approximate surface area is 151 Å². The van der Waals surface area contributed by atoms with Gasteiger partial charge in [0.25, 0.3) is 5.91 Å². The van der Waals surface area contributed by atoms with Gasteiger partial charge in [-0.3, -0.25) is 4.79 Å². The highest BCUT2D eigenvalue weighted by molar-refractivity contribution is 5.96. The van der Waals surface area contributed by atoms with E-state index in [9.17, 15) is 4.79 Å². The highest BCUT2D eigenvalue weighted by atomic mass is 16.5. The molecule has 2 aromatic heterocycles. The lowest BCUT2D eigenvalue weighted by Gasteiger charge is -2.25. The molecule has 3 aromatic rings. The van der Waals surface area contributed by atoms with Crippen molar-refractivity contribution in [3.63, 3.8) is 0 Å². The van der Waals surface area contributed by atoms with Crippen molar-refractivity contribution in [2.75, 3.05) is 13.2 Å². The van der Waals surface area contributed by atoms with Crippen molar-refractivity contribution >= 4 is 16.9 Å². The van der Waals surface area contributed by atoms with Gasteiger partial charge >= 0.3 is 0 Å². The third kappa shape index (κ3) is 2.99. The normalized spacial score (nSPS) is 17.3. The van der Waals surface area contributed by atoms with Gasteiger partial charge in [0, 0.05) is 37.5 Å². The fourth-order valence-corrected chi connectivity index (χ4v) is 3.41. The predicted molar refractivity (Wildman–Crippen MR) is 95.8 cm³/mol. The van der Waals surface area contributed by atoms with E-state index < -0.39 is 0 Å². The smallest absolute Gasteiger partial charge is 0.289 e. The number of nitrogens with zero attached hydrogens (tertiary/aromatic N) is 4. The van der Waals surface area contributed by atoms with Crippen LogP contribution in [0.25, 0.3) is 11.0 Å². The Balaban J connectivity index is 1.56. The first-order chi connectivity index (χ1) is 12.7. The number of para-hydroxylation sites is 1. The second kappa shape index (κ2) is 6.92. The summed E-state index contributed by atoms with van der Waals surface area (Å²) in [5.41, 5.74) is 0.731. The number of aromatic nitrogens is 3. The van der Waals surface area contributed by atoms with Crippen LogP contribution in [0.2, 0.25) is 0 Å². The van der Waals surface area contributed by atoms with Crippen LogP contribution in [-0.4, -0.2) is 44.8 Å². The fraction of sp³-hybridized carbons (Fsp3) is 0.421. The Morgan fingerprint density at radius 2 is 2.15 bits per heavy atom. The van der Waals surface area contributed by atoms with Gasteiger partial charge in [-0.15, -0.1) is 10.2 Å². The Kier molecular flexibility index (Phi) is 4.46. The average Bonchev–Trinajstić information content (AvgIpc) is 3.20. The van der Waals surface area contributed by atoms with E-state index in [4.69, 9.17) is 9.15 Å². The summed E-state index contributed by atoms with van der Waals surface area (Å²) in [6.07, 6.45) is 0.658. The van der Waals surface area contributed by atoms with Crippen LogP contribution < -0.4 is 0 Å². The van der Waals surface area contributed by atoms with Gasteiger partial charge in [0.05, 0.1) is 0 Å². The number of rotatable bonds is 4. The molecule has 0 saturated carbocycles. The highest BCUT2D eigenvalue weighted by Gasteiger charge is 2.29. The second-order valence-corrected chi connectivity index (χ2v) is 6.52. The molecular weight excluding hydrogens is 332 g/mol. The van der Waals surface area contributed by atoms with Crippen molar-refractivity contribution in [1.82, 2.24) is 19.7 Å². The molecule has 26 heavy (non-hydrogen) atoms. The average molecular weight is 354 g/mol. The zero-order valence-electron chi connectivity index (χ0n) is 15.0. The Morgan fingerprint density at radius 1 is 1.31 bits per heavy atom. The van der Waals surface area contributed by atoms with Crippen molar-refractivity contribution in [2.24, 2.45) is 0 Å². The molecule has 0 radical (unpaired) electrons. The number of hydrogen-bond acceptors (Lipinski definition) is 5. The molecule has 0 N–H and O–H groups in total. The molecule has 0 fully saturated rings. The highest BCUT2D eigenvalue weighted by Crippen LogP contribution is 2.23. The summed E-state index contributed by atoms with van der Waals surface area (Å²) in [5, 5.41) is 9.47. The third-order valence-electron chi connectivity index (χ3n) is 4.81. The molecule has 1 aliphatic heterocycles. The number of benzene rings is 1. The Hall–Kier alpha value is -2.67. The number of hydrogen-bond donors (Lipinski definition) is 0. The van der Waals surface area contributed by atoms with E-state index in [1.807, 2.05) is 49.1 Å². The van der Waals surface area contributed by atoms with Crippen LogP contribution in [0, 0.1) is 0 Å². The minimum absolute atomic E-state index is 0.0149. The lowest BCUT2D eigenvalue weighted by molar-refractivity contribution is 0.0664. The van der Waals surface area contributed by atoms with E-state index in [2.05, 4.69) is 14.8 Å². The number of carbonyl (C=O) groups is 1. The van der Waals surface area contributed by atoms with Gasteiger partial charge in [0.1, 0.15) is 18.0 Å². The summed E-state index contributed by atoms with van der Waals surface area (Å²) in [6, 6.07) is 9.49. The van der Waals surface area contributed by atoms with Gasteiger partial charge < -0.3 is 18.6 Å². The molecule has 136 valence electrons. The maximum absolute atomic E-state index is 13.0. The summed E-state index contributed by atoms with van der Waals surface area (Å²) in [4.78, 5) is 14.9. The van der Waals surface area contributed by atoms with E-state index in [1.54, 1.807) is 0 Å². The first-order valence-electron chi connectivity index (χ1n) is 8.95. The van der Waals surface area contributed by atoms with Crippen LogP contribution in [0.1, 0.15) is 36.1 Å². The quantitative estimate of drug-likeness (QED) is 0.720. The van der Waals surface area contributed by atoms with Gasteiger partial charge in [-0.25, -0.2) is 0 Å². The molecule has 1 aromatic carbocycles. The zero-order valence-corrected chi connectivity index (χ0v) is 15.0. The molecule has 3 heterocycles. The topological polar surface area (TPSA) is 73.4 Å². The maximum atomic E-state index is 13.0. The van der Waals surface area contributed by atoms with Gasteiger partial charge in [-0.05, 0) is 26.0 Å². The number of carbonyl (C=O) groups excluding carboxylic acids is 1. The summed E-state index contributed by atoms with van der Waals surface area (Å²) in [7, 11) is 0. The van der Waals surface area contributed by atoms with E-state index >= 15 is 0 Å². The lowest BCUT2D eigenvalue weighted by Crippen LogP contribution is -2.40. The second-order valence-electron chi connectivity index (χ2n) is 6.52. The largest absolute Gasteiger partial charge is 0.451 e. The fourth-order valence-electron chi connectivity index (χ4n) is 3.41. The first-order valence-corrected chi connectivity index (χ1v) is 8.95. The van der Waals surface area contributed by atoms with Crippen molar-refractivity contribution in [3.05, 3.63) is 47.7 Å². The zero-order chi connectivity index (χ0) is 18.1. The minimum Gasteiger partial charge on any atom is -0.451 e. The van der Waals surface area contributed by atoms with Crippen LogP contribution in [0.15, 0.2) is 34.7 Å². The van der Waals surface area contributed by atoms with Crippen molar-refractivity contribution in [3.8, 4) is 0 Å². The standard InChI is InChI=1S/C19H22N4O3/c1-3-25-12-18-21-20-17-10-13(2)22(8-9-23(17)18)19(24)16-11-14-6-4-5-7-15(14)26-16/h4-7,11,13H,3,8-10,12H2,1-2H3. The molecule has 1 unspecified atom stereocenters. The van der Waals surface area contributed by atoms with E-state index in [0.29, 0.717) is 38.5 Å². The molecule has 1 amide bonds. The monoisotopic (exact) mass is 354 g/mol. The number of ether oxygens (including phenoxy) is 1. The molecular formula is C19H22N4O3. The van der Waals surface area contributed by atoms with Crippen LogP contribution in [-0.2, 0) is 24.3 Å². The number of furan rings is 1. The molecule has 7 nitrogen and oxygen atoms in total. The van der Waals surface area contributed by atoms with Gasteiger partial charge in [-0.1, -0.05) is 18.2 Å². The van der Waals surface area contributed by atoms with Crippen LogP contribution in [0.3, 0.4) is 0 Å². The van der Waals surface area contributed by atoms with Gasteiger partial charge in [-0.2, -0.15) is 0 Å².